The number of carbonyl (C=O) groups is 2. The van der Waals surface area contributed by atoms with Crippen LogP contribution in [0.5, 0.6) is 0 Å². The summed E-state index contributed by atoms with van der Waals surface area (Å²) in [6.45, 7) is 3.89. The maximum absolute atomic E-state index is 11.6. The van der Waals surface area contributed by atoms with Gasteiger partial charge in [-0.1, -0.05) is 5.16 Å². The lowest BCUT2D eigenvalue weighted by atomic mass is 10.1. The van der Waals surface area contributed by atoms with Crippen molar-refractivity contribution in [3.05, 3.63) is 17.0 Å². The van der Waals surface area contributed by atoms with Gasteiger partial charge in [-0.05, 0) is 20.3 Å². The third-order valence-electron chi connectivity index (χ3n) is 2.88. The summed E-state index contributed by atoms with van der Waals surface area (Å²) in [5.74, 6) is 0.469. The van der Waals surface area contributed by atoms with Gasteiger partial charge in [0.05, 0.1) is 12.2 Å². The van der Waals surface area contributed by atoms with Gasteiger partial charge >= 0.3 is 0 Å². The third-order valence-corrected chi connectivity index (χ3v) is 2.88. The topological polar surface area (TPSA) is 63.4 Å². The van der Waals surface area contributed by atoms with Gasteiger partial charge in [0, 0.05) is 18.4 Å². The Balaban J connectivity index is 2.20. The zero-order chi connectivity index (χ0) is 11.7. The molecule has 0 aromatic carbocycles. The van der Waals surface area contributed by atoms with Crippen molar-refractivity contribution >= 4 is 11.8 Å². The van der Waals surface area contributed by atoms with Crippen molar-refractivity contribution in [2.24, 2.45) is 0 Å². The highest BCUT2D eigenvalue weighted by Gasteiger charge is 2.27. The van der Waals surface area contributed by atoms with Crippen LogP contribution in [0.15, 0.2) is 4.52 Å². The molecule has 2 rings (SSSR count). The smallest absolute Gasteiger partial charge is 0.229 e. The second-order valence-corrected chi connectivity index (χ2v) is 4.03. The molecule has 1 fully saturated rings. The Hall–Kier alpha value is -1.65. The van der Waals surface area contributed by atoms with E-state index >= 15 is 0 Å². The molecule has 2 heterocycles. The van der Waals surface area contributed by atoms with Crippen LogP contribution < -0.4 is 0 Å². The molecule has 86 valence electrons. The molecule has 1 aromatic heterocycles. The summed E-state index contributed by atoms with van der Waals surface area (Å²) >= 11 is 0. The van der Waals surface area contributed by atoms with Crippen LogP contribution in [0.4, 0.5) is 0 Å². The molecular formula is C11H14N2O3. The van der Waals surface area contributed by atoms with Gasteiger partial charge in [0.2, 0.25) is 11.8 Å². The average Bonchev–Trinajstić information content (AvgIpc) is 2.54. The molecule has 1 saturated heterocycles. The summed E-state index contributed by atoms with van der Waals surface area (Å²) < 4.78 is 5.01. The zero-order valence-corrected chi connectivity index (χ0v) is 9.45. The van der Waals surface area contributed by atoms with Crippen LogP contribution in [-0.4, -0.2) is 21.9 Å². The molecule has 0 spiro atoms. The average molecular weight is 222 g/mol. The van der Waals surface area contributed by atoms with E-state index in [1.165, 1.54) is 4.90 Å². The van der Waals surface area contributed by atoms with E-state index < -0.39 is 0 Å². The van der Waals surface area contributed by atoms with Gasteiger partial charge in [0.25, 0.3) is 0 Å². The summed E-state index contributed by atoms with van der Waals surface area (Å²) in [5, 5.41) is 3.81. The SMILES string of the molecule is Cc1noc(C)c1CN1C(=O)CCCC1=O. The van der Waals surface area contributed by atoms with Crippen LogP contribution in [0, 0.1) is 13.8 Å². The quantitative estimate of drug-likeness (QED) is 0.708. The molecule has 0 aliphatic carbocycles. The van der Waals surface area contributed by atoms with E-state index in [1.807, 2.05) is 6.92 Å². The normalized spacial score (nSPS) is 17.0. The standard InChI is InChI=1S/C11H14N2O3/c1-7-9(8(2)16-12-7)6-13-10(14)4-3-5-11(13)15/h3-6H2,1-2H3. The molecule has 0 atom stereocenters. The Bertz CT molecular complexity index is 401. The minimum absolute atomic E-state index is 0.101. The maximum atomic E-state index is 11.6. The highest BCUT2D eigenvalue weighted by atomic mass is 16.5. The highest BCUT2D eigenvalue weighted by Crippen LogP contribution is 2.19. The van der Waals surface area contributed by atoms with E-state index in [-0.39, 0.29) is 11.8 Å². The number of aromatic nitrogens is 1. The van der Waals surface area contributed by atoms with Gasteiger partial charge in [-0.15, -0.1) is 0 Å². The van der Waals surface area contributed by atoms with E-state index in [9.17, 15) is 9.59 Å². The van der Waals surface area contributed by atoms with Gasteiger partial charge in [0.15, 0.2) is 0 Å². The van der Waals surface area contributed by atoms with Crippen LogP contribution >= 0.6 is 0 Å². The lowest BCUT2D eigenvalue weighted by Crippen LogP contribution is -2.39. The van der Waals surface area contributed by atoms with Crippen LogP contribution in [0.2, 0.25) is 0 Å². The maximum Gasteiger partial charge on any atom is 0.229 e. The van der Waals surface area contributed by atoms with E-state index in [2.05, 4.69) is 5.16 Å². The first kappa shape index (κ1) is 10.9. The van der Waals surface area contributed by atoms with Crippen molar-refractivity contribution in [1.82, 2.24) is 10.1 Å². The summed E-state index contributed by atoms with van der Waals surface area (Å²) in [6.07, 6.45) is 1.57. The van der Waals surface area contributed by atoms with Crippen molar-refractivity contribution in [3.63, 3.8) is 0 Å². The summed E-state index contributed by atoms with van der Waals surface area (Å²) in [5.41, 5.74) is 1.58. The van der Waals surface area contributed by atoms with E-state index in [0.717, 1.165) is 11.3 Å². The molecule has 0 saturated carbocycles. The monoisotopic (exact) mass is 222 g/mol. The Morgan fingerprint density at radius 3 is 2.38 bits per heavy atom. The molecule has 5 heteroatoms. The second kappa shape index (κ2) is 4.08. The number of imide groups is 1. The number of hydrogen-bond acceptors (Lipinski definition) is 4. The number of aryl methyl sites for hydroxylation is 2. The molecule has 0 bridgehead atoms. The number of piperidine rings is 1. The molecule has 1 aromatic rings. The lowest BCUT2D eigenvalue weighted by Gasteiger charge is -2.24. The van der Waals surface area contributed by atoms with Crippen molar-refractivity contribution in [1.29, 1.82) is 0 Å². The van der Waals surface area contributed by atoms with E-state index in [0.29, 0.717) is 31.6 Å². The molecule has 0 N–H and O–H groups in total. The number of nitrogens with zero attached hydrogens (tertiary/aromatic N) is 2. The number of likely N-dealkylation sites (tertiary alicyclic amines) is 1. The zero-order valence-electron chi connectivity index (χ0n) is 9.45. The molecule has 2 amide bonds. The third kappa shape index (κ3) is 1.85. The molecule has 1 aliphatic rings. The number of carbonyl (C=O) groups excluding carboxylic acids is 2. The highest BCUT2D eigenvalue weighted by molar-refractivity contribution is 5.97. The molecule has 1 aliphatic heterocycles. The van der Waals surface area contributed by atoms with Crippen LogP contribution in [0.25, 0.3) is 0 Å². The first-order chi connectivity index (χ1) is 7.59. The van der Waals surface area contributed by atoms with Crippen LogP contribution in [0.1, 0.15) is 36.3 Å². The van der Waals surface area contributed by atoms with Crippen molar-refractivity contribution in [2.45, 2.75) is 39.7 Å². The van der Waals surface area contributed by atoms with E-state index in [1.54, 1.807) is 6.92 Å². The van der Waals surface area contributed by atoms with Crippen LogP contribution in [0.3, 0.4) is 0 Å². The van der Waals surface area contributed by atoms with Crippen molar-refractivity contribution in [2.75, 3.05) is 0 Å². The fourth-order valence-corrected chi connectivity index (χ4v) is 1.86. The second-order valence-electron chi connectivity index (χ2n) is 4.03. The van der Waals surface area contributed by atoms with Gasteiger partial charge in [-0.3, -0.25) is 14.5 Å². The summed E-state index contributed by atoms with van der Waals surface area (Å²) in [6, 6.07) is 0. The minimum Gasteiger partial charge on any atom is -0.361 e. The summed E-state index contributed by atoms with van der Waals surface area (Å²) in [4.78, 5) is 24.5. The minimum atomic E-state index is -0.101. The fraction of sp³-hybridized carbons (Fsp3) is 0.545. The molecule has 16 heavy (non-hydrogen) atoms. The molecule has 5 nitrogen and oxygen atoms in total. The Morgan fingerprint density at radius 2 is 1.88 bits per heavy atom. The molecule has 0 radical (unpaired) electrons. The molecule has 0 unspecified atom stereocenters. The van der Waals surface area contributed by atoms with Gasteiger partial charge in [0.1, 0.15) is 5.76 Å². The molecular weight excluding hydrogens is 208 g/mol. The predicted octanol–water partition coefficient (Wildman–Crippen LogP) is 1.33. The first-order valence-electron chi connectivity index (χ1n) is 5.34. The lowest BCUT2D eigenvalue weighted by molar-refractivity contribution is -0.148. The number of amides is 2. The van der Waals surface area contributed by atoms with Crippen molar-refractivity contribution in [3.8, 4) is 0 Å². The van der Waals surface area contributed by atoms with Gasteiger partial charge in [-0.2, -0.15) is 0 Å². The number of rotatable bonds is 2. The largest absolute Gasteiger partial charge is 0.361 e. The fourth-order valence-electron chi connectivity index (χ4n) is 1.86. The Labute approximate surface area is 93.4 Å². The van der Waals surface area contributed by atoms with Gasteiger partial charge in [-0.25, -0.2) is 0 Å². The Kier molecular flexibility index (Phi) is 2.77. The van der Waals surface area contributed by atoms with Crippen molar-refractivity contribution < 1.29 is 14.1 Å². The number of hydrogen-bond donors (Lipinski definition) is 0. The summed E-state index contributed by atoms with van der Waals surface area (Å²) in [7, 11) is 0. The van der Waals surface area contributed by atoms with E-state index in [4.69, 9.17) is 4.52 Å². The Morgan fingerprint density at radius 1 is 1.25 bits per heavy atom. The van der Waals surface area contributed by atoms with Crippen LogP contribution in [-0.2, 0) is 16.1 Å². The predicted molar refractivity (Wildman–Crippen MR) is 55.4 cm³/mol. The van der Waals surface area contributed by atoms with Gasteiger partial charge < -0.3 is 4.52 Å². The first-order valence-corrected chi connectivity index (χ1v) is 5.34.